The lowest BCUT2D eigenvalue weighted by Gasteiger charge is -2.27. The maximum absolute atomic E-state index is 6.30. The minimum absolute atomic E-state index is 0.0717. The monoisotopic (exact) mass is 594 g/mol. The first-order valence-corrected chi connectivity index (χ1v) is 18.3. The van der Waals surface area contributed by atoms with Crippen molar-refractivity contribution in [2.24, 2.45) is 0 Å². The first-order chi connectivity index (χ1) is 20.3. The smallest absolute Gasteiger partial charge is 0.114 e. The Morgan fingerprint density at radius 2 is 1.07 bits per heavy atom. The van der Waals surface area contributed by atoms with Crippen LogP contribution in [0.3, 0.4) is 0 Å². The molecule has 0 aromatic carbocycles. The van der Waals surface area contributed by atoms with E-state index in [9.17, 15) is 0 Å². The van der Waals surface area contributed by atoms with Crippen molar-refractivity contribution in [2.45, 2.75) is 200 Å². The van der Waals surface area contributed by atoms with E-state index >= 15 is 0 Å². The molecule has 1 rings (SSSR count). The van der Waals surface area contributed by atoms with E-state index in [2.05, 4.69) is 18.9 Å². The van der Waals surface area contributed by atoms with Crippen molar-refractivity contribution >= 4 is 7.85 Å². The minimum atomic E-state index is -0.481. The Labute approximate surface area is 264 Å². The number of likely N-dealkylation sites (N-methyl/N-ethyl adjacent to an activating group) is 1. The van der Waals surface area contributed by atoms with Gasteiger partial charge in [0, 0.05) is 12.5 Å². The third-order valence-electron chi connectivity index (χ3n) is 8.55. The van der Waals surface area contributed by atoms with Crippen LogP contribution in [0.15, 0.2) is 0 Å². The fourth-order valence-corrected chi connectivity index (χ4v) is 5.94. The molecule has 5 nitrogen and oxygen atoms in total. The molecule has 0 aromatic heterocycles. The highest BCUT2D eigenvalue weighted by atomic mass is 16.6. The quantitative estimate of drug-likeness (QED) is 0.0613. The van der Waals surface area contributed by atoms with Gasteiger partial charge in [-0.2, -0.15) is 0 Å². The van der Waals surface area contributed by atoms with Gasteiger partial charge in [0.05, 0.1) is 25.4 Å². The number of ether oxygens (including phenoxy) is 4. The van der Waals surface area contributed by atoms with Gasteiger partial charge in [0.1, 0.15) is 26.2 Å². The SMILES string of the molecule is [B]C1OC(COC(C)C)C(OCCN(C)CCCCCCCCCCCCCCCCCCCCCC)C1OC(C)C. The summed E-state index contributed by atoms with van der Waals surface area (Å²) in [7, 11) is 8.43. The second-order valence-electron chi connectivity index (χ2n) is 13.5. The molecular weight excluding hydrogens is 521 g/mol. The van der Waals surface area contributed by atoms with E-state index in [4.69, 9.17) is 26.8 Å². The van der Waals surface area contributed by atoms with Crippen LogP contribution in [-0.4, -0.2) is 82.6 Å². The highest BCUT2D eigenvalue weighted by molar-refractivity contribution is 6.11. The van der Waals surface area contributed by atoms with Crippen molar-refractivity contribution in [3.8, 4) is 0 Å². The van der Waals surface area contributed by atoms with Gasteiger partial charge in [-0.05, 0) is 47.7 Å². The van der Waals surface area contributed by atoms with Crippen LogP contribution in [0, 0.1) is 0 Å². The summed E-state index contributed by atoms with van der Waals surface area (Å²) in [6.45, 7) is 13.5. The molecule has 2 radical (unpaired) electrons. The number of hydrogen-bond donors (Lipinski definition) is 0. The number of rotatable bonds is 30. The first-order valence-electron chi connectivity index (χ1n) is 18.3. The molecule has 0 aromatic rings. The summed E-state index contributed by atoms with van der Waals surface area (Å²) < 4.78 is 24.1. The van der Waals surface area contributed by atoms with Crippen molar-refractivity contribution in [2.75, 3.05) is 33.4 Å². The molecule has 4 unspecified atom stereocenters. The molecule has 0 amide bonds. The molecule has 42 heavy (non-hydrogen) atoms. The van der Waals surface area contributed by atoms with E-state index in [0.717, 1.165) is 13.1 Å². The normalized spacial score (nSPS) is 21.0. The second-order valence-corrected chi connectivity index (χ2v) is 13.5. The molecule has 0 aliphatic carbocycles. The Bertz CT molecular complexity index is 579. The minimum Gasteiger partial charge on any atom is -0.377 e. The second kappa shape index (κ2) is 27.2. The van der Waals surface area contributed by atoms with Crippen molar-refractivity contribution in [3.05, 3.63) is 0 Å². The van der Waals surface area contributed by atoms with Crippen LogP contribution in [0.2, 0.25) is 0 Å². The molecule has 4 atom stereocenters. The standard InChI is InChI=1S/C36H72BNO4/c1-7-8-9-10-11-12-13-14-15-16-17-18-19-20-21-22-23-24-25-26-27-38(6)28-29-39-34-33(30-40-31(2)3)42-36(37)35(34)41-32(4)5/h31-36H,7-30H2,1-6H3. The van der Waals surface area contributed by atoms with Gasteiger partial charge < -0.3 is 23.8 Å². The number of nitrogens with zero attached hydrogens (tertiary/aromatic N) is 1. The lowest BCUT2D eigenvalue weighted by Crippen LogP contribution is -2.42. The van der Waals surface area contributed by atoms with Crippen molar-refractivity contribution in [1.29, 1.82) is 0 Å². The predicted octanol–water partition coefficient (Wildman–Crippen LogP) is 9.24. The fraction of sp³-hybridized carbons (Fsp3) is 1.00. The van der Waals surface area contributed by atoms with E-state index in [1.807, 2.05) is 27.7 Å². The Hall–Kier alpha value is -0.135. The molecule has 248 valence electrons. The van der Waals surface area contributed by atoms with Gasteiger partial charge >= 0.3 is 0 Å². The molecule has 1 saturated heterocycles. The van der Waals surface area contributed by atoms with Crippen LogP contribution >= 0.6 is 0 Å². The lowest BCUT2D eigenvalue weighted by atomic mass is 9.92. The van der Waals surface area contributed by atoms with Gasteiger partial charge in [-0.15, -0.1) is 0 Å². The maximum atomic E-state index is 6.30. The van der Waals surface area contributed by atoms with Crippen molar-refractivity contribution in [1.82, 2.24) is 4.90 Å². The summed E-state index contributed by atoms with van der Waals surface area (Å²) in [5.41, 5.74) is 0. The van der Waals surface area contributed by atoms with Crippen LogP contribution in [-0.2, 0) is 18.9 Å². The third-order valence-corrected chi connectivity index (χ3v) is 8.55. The van der Waals surface area contributed by atoms with E-state index in [1.165, 1.54) is 128 Å². The van der Waals surface area contributed by atoms with E-state index in [1.54, 1.807) is 0 Å². The Morgan fingerprint density at radius 3 is 1.50 bits per heavy atom. The summed E-state index contributed by atoms with van der Waals surface area (Å²) in [5, 5.41) is 0. The maximum Gasteiger partial charge on any atom is 0.114 e. The fourth-order valence-electron chi connectivity index (χ4n) is 5.94. The summed E-state index contributed by atoms with van der Waals surface area (Å²) in [4.78, 5) is 2.38. The lowest BCUT2D eigenvalue weighted by molar-refractivity contribution is -0.0965. The largest absolute Gasteiger partial charge is 0.377 e. The molecule has 1 heterocycles. The number of unbranched alkanes of at least 4 members (excludes halogenated alkanes) is 19. The van der Waals surface area contributed by atoms with Gasteiger partial charge in [0.25, 0.3) is 0 Å². The van der Waals surface area contributed by atoms with Crippen LogP contribution in [0.25, 0.3) is 0 Å². The zero-order chi connectivity index (χ0) is 30.8. The zero-order valence-electron chi connectivity index (χ0n) is 29.1. The van der Waals surface area contributed by atoms with E-state index < -0.39 is 6.00 Å². The molecule has 0 bridgehead atoms. The topological polar surface area (TPSA) is 40.2 Å². The van der Waals surface area contributed by atoms with Crippen molar-refractivity contribution in [3.63, 3.8) is 0 Å². The molecule has 0 N–H and O–H groups in total. The third kappa shape index (κ3) is 21.5. The molecule has 1 aliphatic heterocycles. The Morgan fingerprint density at radius 1 is 0.619 bits per heavy atom. The molecule has 0 saturated carbocycles. The Kier molecular flexibility index (Phi) is 25.8. The average molecular weight is 594 g/mol. The summed E-state index contributed by atoms with van der Waals surface area (Å²) in [6, 6.07) is -0.481. The van der Waals surface area contributed by atoms with Gasteiger partial charge in [0.2, 0.25) is 0 Å². The van der Waals surface area contributed by atoms with Gasteiger partial charge in [0.15, 0.2) is 0 Å². The summed E-state index contributed by atoms with van der Waals surface area (Å²) in [6.07, 6.45) is 28.0. The van der Waals surface area contributed by atoms with Crippen LogP contribution in [0.1, 0.15) is 163 Å². The Balaban J connectivity index is 1.95. The number of hydrogen-bond acceptors (Lipinski definition) is 5. The van der Waals surface area contributed by atoms with Crippen LogP contribution in [0.4, 0.5) is 0 Å². The molecule has 1 aliphatic rings. The van der Waals surface area contributed by atoms with E-state index in [0.29, 0.717) is 13.2 Å². The molecule has 0 spiro atoms. The van der Waals surface area contributed by atoms with E-state index in [-0.39, 0.29) is 30.5 Å². The first kappa shape index (κ1) is 39.9. The van der Waals surface area contributed by atoms with Crippen LogP contribution in [0.5, 0.6) is 0 Å². The average Bonchev–Trinajstić information content (AvgIpc) is 3.23. The molecular formula is C36H72BNO4. The van der Waals surface area contributed by atoms with Crippen LogP contribution < -0.4 is 0 Å². The predicted molar refractivity (Wildman–Crippen MR) is 181 cm³/mol. The summed E-state index contributed by atoms with van der Waals surface area (Å²) in [5.74, 6) is 0. The molecule has 1 fully saturated rings. The highest BCUT2D eigenvalue weighted by Gasteiger charge is 2.44. The summed E-state index contributed by atoms with van der Waals surface area (Å²) >= 11 is 0. The molecule has 6 heteroatoms. The van der Waals surface area contributed by atoms with Gasteiger partial charge in [-0.25, -0.2) is 0 Å². The highest BCUT2D eigenvalue weighted by Crippen LogP contribution is 2.27. The van der Waals surface area contributed by atoms with Crippen molar-refractivity contribution < 1.29 is 18.9 Å². The zero-order valence-corrected chi connectivity index (χ0v) is 29.1. The van der Waals surface area contributed by atoms with Gasteiger partial charge in [-0.3, -0.25) is 0 Å². The van der Waals surface area contributed by atoms with Gasteiger partial charge in [-0.1, -0.05) is 129 Å².